The number of hydrogen-bond donors (Lipinski definition) is 0. The van der Waals surface area contributed by atoms with Crippen LogP contribution in [0, 0.1) is 15.9 Å². The number of hydrogen-bond acceptors (Lipinski definition) is 8. The second-order valence-corrected chi connectivity index (χ2v) is 7.11. The molecule has 0 amide bonds. The lowest BCUT2D eigenvalue weighted by Gasteiger charge is -2.32. The average molecular weight is 429 g/mol. The van der Waals surface area contributed by atoms with Gasteiger partial charge >= 0.3 is 11.6 Å². The number of benzene rings is 1. The standard InChI is InChI=1S/C20H20FN5O5/c1-2-25-20(27)31-19(23-25)13-7-9-24(10-8-13)17-5-3-14(11-16(17)21)22-12-15-4-6-18(30-15)26(28)29/h3-6,11-13H,2,7-10H2,1H3. The predicted molar refractivity (Wildman–Crippen MR) is 110 cm³/mol. The highest BCUT2D eigenvalue weighted by Gasteiger charge is 2.26. The first-order valence-corrected chi connectivity index (χ1v) is 9.85. The van der Waals surface area contributed by atoms with Gasteiger partial charge in [-0.2, -0.15) is 4.68 Å². The van der Waals surface area contributed by atoms with Gasteiger partial charge in [-0.15, -0.1) is 5.10 Å². The number of nitro groups is 1. The third-order valence-corrected chi connectivity index (χ3v) is 5.17. The first-order valence-electron chi connectivity index (χ1n) is 9.85. The van der Waals surface area contributed by atoms with E-state index in [1.807, 2.05) is 11.8 Å². The van der Waals surface area contributed by atoms with Crippen molar-refractivity contribution in [2.45, 2.75) is 32.2 Å². The summed E-state index contributed by atoms with van der Waals surface area (Å²) in [6.45, 7) is 3.48. The second-order valence-electron chi connectivity index (χ2n) is 7.11. The molecule has 2 aromatic heterocycles. The number of nitrogens with zero attached hydrogens (tertiary/aromatic N) is 5. The lowest BCUT2D eigenvalue weighted by molar-refractivity contribution is -0.402. The molecule has 1 saturated heterocycles. The van der Waals surface area contributed by atoms with Crippen molar-refractivity contribution in [3.63, 3.8) is 0 Å². The van der Waals surface area contributed by atoms with Crippen molar-refractivity contribution < 1.29 is 18.1 Å². The van der Waals surface area contributed by atoms with Crippen LogP contribution >= 0.6 is 0 Å². The highest BCUT2D eigenvalue weighted by molar-refractivity contribution is 5.79. The monoisotopic (exact) mass is 429 g/mol. The quantitative estimate of drug-likeness (QED) is 0.333. The summed E-state index contributed by atoms with van der Waals surface area (Å²) in [6, 6.07) is 7.27. The molecule has 0 atom stereocenters. The fourth-order valence-electron chi connectivity index (χ4n) is 3.53. The van der Waals surface area contributed by atoms with E-state index in [1.54, 1.807) is 12.1 Å². The molecule has 3 heterocycles. The van der Waals surface area contributed by atoms with Gasteiger partial charge in [0, 0.05) is 31.6 Å². The number of halogens is 1. The zero-order valence-electron chi connectivity index (χ0n) is 16.7. The molecule has 0 spiro atoms. The Morgan fingerprint density at radius 1 is 1.29 bits per heavy atom. The minimum Gasteiger partial charge on any atom is -0.400 e. The van der Waals surface area contributed by atoms with Crippen LogP contribution in [0.2, 0.25) is 0 Å². The molecular weight excluding hydrogens is 409 g/mol. The van der Waals surface area contributed by atoms with Gasteiger partial charge in [-0.1, -0.05) is 0 Å². The fraction of sp³-hybridized carbons (Fsp3) is 0.350. The fourth-order valence-corrected chi connectivity index (χ4v) is 3.53. The molecule has 0 bridgehead atoms. The molecule has 4 rings (SSSR count). The summed E-state index contributed by atoms with van der Waals surface area (Å²) < 4.78 is 26.2. The maximum Gasteiger partial charge on any atom is 0.437 e. The van der Waals surface area contributed by atoms with Crippen LogP contribution in [0.1, 0.15) is 37.3 Å². The number of rotatable bonds is 6. The minimum atomic E-state index is -0.641. The number of piperidine rings is 1. The maximum atomic E-state index is 14.7. The van der Waals surface area contributed by atoms with E-state index in [0.717, 1.165) is 0 Å². The number of aryl methyl sites for hydroxylation is 1. The first-order chi connectivity index (χ1) is 14.9. The lowest BCUT2D eigenvalue weighted by atomic mass is 9.96. The maximum absolute atomic E-state index is 14.7. The van der Waals surface area contributed by atoms with Gasteiger partial charge < -0.3 is 13.7 Å². The Kier molecular flexibility index (Phi) is 5.65. The summed E-state index contributed by atoms with van der Waals surface area (Å²) in [6.07, 6.45) is 2.69. The van der Waals surface area contributed by atoms with Crippen molar-refractivity contribution in [2.24, 2.45) is 4.99 Å². The zero-order chi connectivity index (χ0) is 22.0. The van der Waals surface area contributed by atoms with E-state index in [4.69, 9.17) is 8.83 Å². The molecular formula is C20H20FN5O5. The molecule has 162 valence electrons. The Morgan fingerprint density at radius 2 is 2.06 bits per heavy atom. The summed E-state index contributed by atoms with van der Waals surface area (Å²) >= 11 is 0. The minimum absolute atomic E-state index is 0.0287. The molecule has 1 aliphatic heterocycles. The highest BCUT2D eigenvalue weighted by Crippen LogP contribution is 2.31. The lowest BCUT2D eigenvalue weighted by Crippen LogP contribution is -2.33. The van der Waals surface area contributed by atoms with Crippen molar-refractivity contribution in [2.75, 3.05) is 18.0 Å². The topological polar surface area (TPSA) is 120 Å². The van der Waals surface area contributed by atoms with E-state index in [9.17, 15) is 19.3 Å². The van der Waals surface area contributed by atoms with Gasteiger partial charge in [0.25, 0.3) is 0 Å². The Hall–Kier alpha value is -3.76. The molecule has 0 saturated carbocycles. The van der Waals surface area contributed by atoms with Gasteiger partial charge in [-0.3, -0.25) is 15.1 Å². The third-order valence-electron chi connectivity index (χ3n) is 5.17. The van der Waals surface area contributed by atoms with Crippen molar-refractivity contribution in [3.8, 4) is 0 Å². The molecule has 0 radical (unpaired) electrons. The Bertz CT molecular complexity index is 1170. The van der Waals surface area contributed by atoms with E-state index >= 15 is 0 Å². The molecule has 1 aromatic carbocycles. The van der Waals surface area contributed by atoms with Gasteiger partial charge in [0.05, 0.1) is 23.7 Å². The van der Waals surface area contributed by atoms with Crippen LogP contribution in [0.5, 0.6) is 0 Å². The summed E-state index contributed by atoms with van der Waals surface area (Å²) in [5.41, 5.74) is 0.827. The van der Waals surface area contributed by atoms with E-state index in [0.29, 0.717) is 49.7 Å². The molecule has 31 heavy (non-hydrogen) atoms. The summed E-state index contributed by atoms with van der Waals surface area (Å²) in [5, 5.41) is 14.9. The SMILES string of the molecule is CCn1nc(C2CCN(c3ccc(N=Cc4ccc([N+](=O)[O-])o4)cc3F)CC2)oc1=O. The van der Waals surface area contributed by atoms with Gasteiger partial charge in [0.15, 0.2) is 5.76 Å². The molecule has 3 aromatic rings. The van der Waals surface area contributed by atoms with Gasteiger partial charge in [-0.05, 0) is 38.0 Å². The van der Waals surface area contributed by atoms with Crippen LogP contribution in [0.4, 0.5) is 21.6 Å². The van der Waals surface area contributed by atoms with Crippen LogP contribution in [-0.4, -0.2) is 34.0 Å². The van der Waals surface area contributed by atoms with Crippen LogP contribution in [0.15, 0.2) is 49.0 Å². The van der Waals surface area contributed by atoms with E-state index in [-0.39, 0.29) is 17.6 Å². The van der Waals surface area contributed by atoms with Gasteiger partial charge in [-0.25, -0.2) is 9.18 Å². The molecule has 0 unspecified atom stereocenters. The van der Waals surface area contributed by atoms with E-state index in [1.165, 1.54) is 29.1 Å². The first kappa shape index (κ1) is 20.5. The smallest absolute Gasteiger partial charge is 0.400 e. The predicted octanol–water partition coefficient (Wildman–Crippen LogP) is 3.63. The van der Waals surface area contributed by atoms with Crippen LogP contribution in [-0.2, 0) is 6.54 Å². The summed E-state index contributed by atoms with van der Waals surface area (Å²) in [4.78, 5) is 27.7. The van der Waals surface area contributed by atoms with Gasteiger partial charge in [0.2, 0.25) is 5.89 Å². The van der Waals surface area contributed by atoms with Crippen molar-refractivity contribution >= 4 is 23.5 Å². The molecule has 0 N–H and O–H groups in total. The molecule has 1 fully saturated rings. The Labute approximate surface area is 175 Å². The highest BCUT2D eigenvalue weighted by atomic mass is 19.1. The number of anilines is 1. The second kappa shape index (κ2) is 8.54. The molecule has 1 aliphatic rings. The van der Waals surface area contributed by atoms with Crippen molar-refractivity contribution in [1.82, 2.24) is 9.78 Å². The largest absolute Gasteiger partial charge is 0.437 e. The number of aromatic nitrogens is 2. The summed E-state index contributed by atoms with van der Waals surface area (Å²) in [7, 11) is 0. The van der Waals surface area contributed by atoms with Crippen LogP contribution in [0.3, 0.4) is 0 Å². The molecule has 11 heteroatoms. The third kappa shape index (κ3) is 4.39. The Morgan fingerprint density at radius 3 is 2.68 bits per heavy atom. The Balaban J connectivity index is 1.40. The summed E-state index contributed by atoms with van der Waals surface area (Å²) in [5.74, 6) is -0.579. The van der Waals surface area contributed by atoms with Crippen LogP contribution < -0.4 is 10.7 Å². The molecule has 10 nitrogen and oxygen atoms in total. The van der Waals surface area contributed by atoms with Crippen molar-refractivity contribution in [1.29, 1.82) is 0 Å². The number of aliphatic imine (C=N–C) groups is 1. The van der Waals surface area contributed by atoms with Gasteiger partial charge in [0.1, 0.15) is 10.7 Å². The molecule has 0 aliphatic carbocycles. The zero-order valence-corrected chi connectivity index (χ0v) is 16.7. The van der Waals surface area contributed by atoms with Crippen LogP contribution in [0.25, 0.3) is 0 Å². The van der Waals surface area contributed by atoms with E-state index < -0.39 is 16.5 Å². The van der Waals surface area contributed by atoms with E-state index in [2.05, 4.69) is 10.1 Å². The van der Waals surface area contributed by atoms with Crippen molar-refractivity contribution in [3.05, 3.63) is 68.5 Å². The normalized spacial score (nSPS) is 15.1. The average Bonchev–Trinajstić information content (AvgIpc) is 3.39. The number of furan rings is 1.